The summed E-state index contributed by atoms with van der Waals surface area (Å²) in [7, 11) is 3.96. The van der Waals surface area contributed by atoms with Gasteiger partial charge in [0, 0.05) is 26.2 Å². The van der Waals surface area contributed by atoms with Gasteiger partial charge in [0.15, 0.2) is 5.96 Å². The number of ether oxygens (including phenoxy) is 1. The van der Waals surface area contributed by atoms with Crippen molar-refractivity contribution in [3.8, 4) is 5.75 Å². The average molecular weight is 249 g/mol. The van der Waals surface area contributed by atoms with Crippen LogP contribution >= 0.6 is 0 Å². The second-order valence-electron chi connectivity index (χ2n) is 4.11. The zero-order valence-electron chi connectivity index (χ0n) is 11.7. The molecule has 0 bridgehead atoms. The molecule has 0 aliphatic heterocycles. The van der Waals surface area contributed by atoms with Crippen molar-refractivity contribution in [2.75, 3.05) is 27.2 Å². The Morgan fingerprint density at radius 2 is 2.00 bits per heavy atom. The largest absolute Gasteiger partial charge is 0.494 e. The van der Waals surface area contributed by atoms with Crippen LogP contribution in [0.4, 0.5) is 0 Å². The van der Waals surface area contributed by atoms with Gasteiger partial charge in [0.2, 0.25) is 0 Å². The summed E-state index contributed by atoms with van der Waals surface area (Å²) in [6.07, 6.45) is 0. The van der Waals surface area contributed by atoms with Gasteiger partial charge in [-0.2, -0.15) is 0 Å². The third-order valence-electron chi connectivity index (χ3n) is 2.43. The molecule has 18 heavy (non-hydrogen) atoms. The molecule has 4 heteroatoms. The van der Waals surface area contributed by atoms with Crippen LogP contribution in [0, 0.1) is 0 Å². The van der Waals surface area contributed by atoms with Crippen molar-refractivity contribution in [1.82, 2.24) is 10.2 Å². The molecule has 4 nitrogen and oxygen atoms in total. The Labute approximate surface area is 110 Å². The quantitative estimate of drug-likeness (QED) is 0.641. The SMILES string of the molecule is CCNC(=NCc1ccccc1OCC)N(C)C. The number of para-hydroxylation sites is 1. The Kier molecular flexibility index (Phi) is 6.05. The summed E-state index contributed by atoms with van der Waals surface area (Å²) in [5, 5.41) is 3.24. The van der Waals surface area contributed by atoms with Gasteiger partial charge in [0.25, 0.3) is 0 Å². The van der Waals surface area contributed by atoms with E-state index in [1.165, 1.54) is 0 Å². The Bertz CT molecular complexity index is 388. The van der Waals surface area contributed by atoms with E-state index >= 15 is 0 Å². The zero-order valence-corrected chi connectivity index (χ0v) is 11.7. The van der Waals surface area contributed by atoms with Crippen LogP contribution in [0.1, 0.15) is 19.4 Å². The molecular formula is C14H23N3O. The predicted octanol–water partition coefficient (Wildman–Crippen LogP) is 2.11. The minimum Gasteiger partial charge on any atom is -0.494 e. The number of rotatable bonds is 5. The Balaban J connectivity index is 2.79. The Morgan fingerprint density at radius 1 is 1.28 bits per heavy atom. The lowest BCUT2D eigenvalue weighted by molar-refractivity contribution is 0.336. The maximum atomic E-state index is 5.59. The lowest BCUT2D eigenvalue weighted by atomic mass is 10.2. The molecule has 1 aromatic rings. The van der Waals surface area contributed by atoms with Crippen molar-refractivity contribution in [2.45, 2.75) is 20.4 Å². The van der Waals surface area contributed by atoms with Gasteiger partial charge in [-0.25, -0.2) is 4.99 Å². The van der Waals surface area contributed by atoms with Gasteiger partial charge in [-0.1, -0.05) is 18.2 Å². The Hall–Kier alpha value is -1.71. The van der Waals surface area contributed by atoms with Gasteiger partial charge in [-0.15, -0.1) is 0 Å². The highest BCUT2D eigenvalue weighted by Gasteiger charge is 2.03. The van der Waals surface area contributed by atoms with Crippen molar-refractivity contribution in [2.24, 2.45) is 4.99 Å². The molecule has 0 radical (unpaired) electrons. The van der Waals surface area contributed by atoms with Crippen molar-refractivity contribution >= 4 is 5.96 Å². The van der Waals surface area contributed by atoms with Gasteiger partial charge < -0.3 is 15.0 Å². The molecule has 0 saturated heterocycles. The number of guanidine groups is 1. The van der Waals surface area contributed by atoms with E-state index in [-0.39, 0.29) is 0 Å². The van der Waals surface area contributed by atoms with Crippen LogP contribution < -0.4 is 10.1 Å². The lowest BCUT2D eigenvalue weighted by Crippen LogP contribution is -2.36. The second kappa shape index (κ2) is 7.58. The van der Waals surface area contributed by atoms with E-state index in [0.29, 0.717) is 13.2 Å². The highest BCUT2D eigenvalue weighted by Crippen LogP contribution is 2.18. The van der Waals surface area contributed by atoms with Gasteiger partial charge in [-0.05, 0) is 19.9 Å². The maximum Gasteiger partial charge on any atom is 0.193 e. The second-order valence-corrected chi connectivity index (χ2v) is 4.11. The summed E-state index contributed by atoms with van der Waals surface area (Å²) in [6, 6.07) is 8.02. The van der Waals surface area contributed by atoms with Crippen molar-refractivity contribution in [1.29, 1.82) is 0 Å². The van der Waals surface area contributed by atoms with E-state index in [0.717, 1.165) is 23.8 Å². The van der Waals surface area contributed by atoms with Crippen LogP contribution in [0.3, 0.4) is 0 Å². The zero-order chi connectivity index (χ0) is 13.4. The van der Waals surface area contributed by atoms with Crippen LogP contribution in [-0.4, -0.2) is 38.1 Å². The monoisotopic (exact) mass is 249 g/mol. The molecular weight excluding hydrogens is 226 g/mol. The number of nitrogens with zero attached hydrogens (tertiary/aromatic N) is 2. The summed E-state index contributed by atoms with van der Waals surface area (Å²) in [6.45, 7) is 6.21. The normalized spacial score (nSPS) is 11.2. The number of nitrogens with one attached hydrogen (secondary N) is 1. The summed E-state index contributed by atoms with van der Waals surface area (Å²) in [5.41, 5.74) is 1.11. The minimum absolute atomic E-state index is 0.622. The van der Waals surface area contributed by atoms with Gasteiger partial charge in [-0.3, -0.25) is 0 Å². The molecule has 0 spiro atoms. The van der Waals surface area contributed by atoms with E-state index in [4.69, 9.17) is 4.74 Å². The van der Waals surface area contributed by atoms with E-state index in [1.807, 2.05) is 50.2 Å². The molecule has 0 heterocycles. The molecule has 0 unspecified atom stereocenters. The minimum atomic E-state index is 0.622. The van der Waals surface area contributed by atoms with Crippen molar-refractivity contribution < 1.29 is 4.74 Å². The molecule has 0 amide bonds. The first-order valence-corrected chi connectivity index (χ1v) is 6.35. The smallest absolute Gasteiger partial charge is 0.193 e. The standard InChI is InChI=1S/C14H23N3O/c1-5-15-14(17(3)4)16-11-12-9-7-8-10-13(12)18-6-2/h7-10H,5-6,11H2,1-4H3,(H,15,16). The fourth-order valence-electron chi connectivity index (χ4n) is 1.60. The number of hydrogen-bond donors (Lipinski definition) is 1. The number of hydrogen-bond acceptors (Lipinski definition) is 2. The summed E-state index contributed by atoms with van der Waals surface area (Å²) < 4.78 is 5.59. The summed E-state index contributed by atoms with van der Waals surface area (Å²) in [5.74, 6) is 1.81. The highest BCUT2D eigenvalue weighted by molar-refractivity contribution is 5.79. The first-order chi connectivity index (χ1) is 8.69. The molecule has 0 saturated carbocycles. The number of benzene rings is 1. The topological polar surface area (TPSA) is 36.9 Å². The van der Waals surface area contributed by atoms with E-state index in [1.54, 1.807) is 0 Å². The molecule has 0 atom stereocenters. The predicted molar refractivity (Wildman–Crippen MR) is 76.1 cm³/mol. The summed E-state index contributed by atoms with van der Waals surface area (Å²) >= 11 is 0. The summed E-state index contributed by atoms with van der Waals surface area (Å²) in [4.78, 5) is 6.56. The van der Waals surface area contributed by atoms with Crippen LogP contribution in [0.2, 0.25) is 0 Å². The molecule has 100 valence electrons. The van der Waals surface area contributed by atoms with Crippen LogP contribution in [-0.2, 0) is 6.54 Å². The van der Waals surface area contributed by atoms with Gasteiger partial charge >= 0.3 is 0 Å². The maximum absolute atomic E-state index is 5.59. The molecule has 0 aliphatic rings. The van der Waals surface area contributed by atoms with E-state index in [9.17, 15) is 0 Å². The van der Waals surface area contributed by atoms with E-state index in [2.05, 4.69) is 17.2 Å². The molecule has 0 aliphatic carbocycles. The van der Waals surface area contributed by atoms with Crippen molar-refractivity contribution in [3.05, 3.63) is 29.8 Å². The molecule has 0 aromatic heterocycles. The fraction of sp³-hybridized carbons (Fsp3) is 0.500. The Morgan fingerprint density at radius 3 is 2.61 bits per heavy atom. The molecule has 1 rings (SSSR count). The van der Waals surface area contributed by atoms with Gasteiger partial charge in [0.1, 0.15) is 5.75 Å². The first kappa shape index (κ1) is 14.4. The molecule has 0 fully saturated rings. The number of aliphatic imine (C=N–C) groups is 1. The lowest BCUT2D eigenvalue weighted by Gasteiger charge is -2.17. The average Bonchev–Trinajstić information content (AvgIpc) is 2.36. The molecule has 1 N–H and O–H groups in total. The third-order valence-corrected chi connectivity index (χ3v) is 2.43. The van der Waals surface area contributed by atoms with E-state index < -0.39 is 0 Å². The molecule has 1 aromatic carbocycles. The van der Waals surface area contributed by atoms with Crippen LogP contribution in [0.5, 0.6) is 5.75 Å². The van der Waals surface area contributed by atoms with Crippen molar-refractivity contribution in [3.63, 3.8) is 0 Å². The van der Waals surface area contributed by atoms with Gasteiger partial charge in [0.05, 0.1) is 13.2 Å². The third kappa shape index (κ3) is 4.28. The first-order valence-electron chi connectivity index (χ1n) is 6.35. The van der Waals surface area contributed by atoms with Crippen LogP contribution in [0.15, 0.2) is 29.3 Å². The highest BCUT2D eigenvalue weighted by atomic mass is 16.5. The van der Waals surface area contributed by atoms with Crippen LogP contribution in [0.25, 0.3) is 0 Å². The fourth-order valence-corrected chi connectivity index (χ4v) is 1.60.